The highest BCUT2D eigenvalue weighted by atomic mass is 16.5. The lowest BCUT2D eigenvalue weighted by molar-refractivity contribution is 0.414. The van der Waals surface area contributed by atoms with Gasteiger partial charge in [-0.05, 0) is 32.3 Å². The molecule has 3 nitrogen and oxygen atoms in total. The lowest BCUT2D eigenvalue weighted by atomic mass is 10.0. The van der Waals surface area contributed by atoms with Gasteiger partial charge >= 0.3 is 0 Å². The fraction of sp³-hybridized carbons (Fsp3) is 0.538. The molecular formula is C13H20N2O. The van der Waals surface area contributed by atoms with Gasteiger partial charge in [-0.3, -0.25) is 0 Å². The molecule has 0 amide bonds. The Morgan fingerprint density at radius 3 is 2.81 bits per heavy atom. The summed E-state index contributed by atoms with van der Waals surface area (Å²) in [6.45, 7) is 3.39. The first-order chi connectivity index (χ1) is 7.70. The molecule has 0 radical (unpaired) electrons. The fourth-order valence-corrected chi connectivity index (χ4v) is 2.37. The van der Waals surface area contributed by atoms with Gasteiger partial charge in [-0.25, -0.2) is 0 Å². The van der Waals surface area contributed by atoms with Crippen molar-refractivity contribution in [1.82, 2.24) is 0 Å². The highest BCUT2D eigenvalue weighted by Crippen LogP contribution is 2.29. The van der Waals surface area contributed by atoms with Gasteiger partial charge < -0.3 is 15.4 Å². The summed E-state index contributed by atoms with van der Waals surface area (Å²) in [5, 5.41) is 0. The highest BCUT2D eigenvalue weighted by molar-refractivity contribution is 5.61. The van der Waals surface area contributed by atoms with Crippen molar-refractivity contribution in [3.63, 3.8) is 0 Å². The lowest BCUT2D eigenvalue weighted by Crippen LogP contribution is -2.37. The maximum absolute atomic E-state index is 5.88. The van der Waals surface area contributed by atoms with Crippen molar-refractivity contribution in [3.05, 3.63) is 18.2 Å². The molecule has 1 aliphatic heterocycles. The molecule has 1 saturated heterocycles. The second kappa shape index (κ2) is 4.64. The van der Waals surface area contributed by atoms with Gasteiger partial charge in [-0.2, -0.15) is 0 Å². The smallest absolute Gasteiger partial charge is 0.122 e. The van der Waals surface area contributed by atoms with Crippen LogP contribution in [0.3, 0.4) is 0 Å². The Morgan fingerprint density at radius 2 is 2.12 bits per heavy atom. The molecule has 1 fully saturated rings. The van der Waals surface area contributed by atoms with Crippen molar-refractivity contribution in [2.24, 2.45) is 0 Å². The molecule has 0 bridgehead atoms. The van der Waals surface area contributed by atoms with Crippen molar-refractivity contribution in [3.8, 4) is 5.75 Å². The van der Waals surface area contributed by atoms with Crippen LogP contribution in [0.5, 0.6) is 5.75 Å². The van der Waals surface area contributed by atoms with Crippen molar-refractivity contribution < 1.29 is 4.74 Å². The van der Waals surface area contributed by atoms with Crippen LogP contribution in [0.25, 0.3) is 0 Å². The standard InChI is InChI=1S/C13H20N2O/c1-10-5-3-4-6-15(10)12-7-11(14)8-13(9-12)16-2/h7-10H,3-6,14H2,1-2H3. The first-order valence-corrected chi connectivity index (χ1v) is 5.92. The van der Waals surface area contributed by atoms with Crippen LogP contribution in [-0.4, -0.2) is 19.7 Å². The summed E-state index contributed by atoms with van der Waals surface area (Å²) < 4.78 is 5.26. The van der Waals surface area contributed by atoms with E-state index in [4.69, 9.17) is 10.5 Å². The van der Waals surface area contributed by atoms with E-state index in [1.54, 1.807) is 7.11 Å². The zero-order valence-corrected chi connectivity index (χ0v) is 10.1. The zero-order valence-electron chi connectivity index (χ0n) is 10.1. The number of nitrogens with two attached hydrogens (primary N) is 1. The minimum Gasteiger partial charge on any atom is -0.497 e. The summed E-state index contributed by atoms with van der Waals surface area (Å²) in [5.41, 5.74) is 7.84. The number of piperidine rings is 1. The Morgan fingerprint density at radius 1 is 1.31 bits per heavy atom. The third kappa shape index (κ3) is 2.23. The van der Waals surface area contributed by atoms with Gasteiger partial charge in [0.15, 0.2) is 0 Å². The molecule has 2 N–H and O–H groups in total. The third-order valence-corrected chi connectivity index (χ3v) is 3.28. The van der Waals surface area contributed by atoms with E-state index >= 15 is 0 Å². The van der Waals surface area contributed by atoms with E-state index in [1.165, 1.54) is 24.9 Å². The molecule has 2 rings (SSSR count). The minimum absolute atomic E-state index is 0.597. The topological polar surface area (TPSA) is 38.5 Å². The molecular weight excluding hydrogens is 200 g/mol. The number of anilines is 2. The van der Waals surface area contributed by atoms with Gasteiger partial charge in [-0.15, -0.1) is 0 Å². The number of ether oxygens (including phenoxy) is 1. The van der Waals surface area contributed by atoms with Crippen LogP contribution in [-0.2, 0) is 0 Å². The van der Waals surface area contributed by atoms with Gasteiger partial charge in [0, 0.05) is 36.1 Å². The Labute approximate surface area is 97.2 Å². The highest BCUT2D eigenvalue weighted by Gasteiger charge is 2.19. The van der Waals surface area contributed by atoms with E-state index in [-0.39, 0.29) is 0 Å². The van der Waals surface area contributed by atoms with E-state index < -0.39 is 0 Å². The second-order valence-electron chi connectivity index (χ2n) is 4.50. The fourth-order valence-electron chi connectivity index (χ4n) is 2.37. The normalized spacial score (nSPS) is 20.9. The minimum atomic E-state index is 0.597. The number of nitrogen functional groups attached to an aromatic ring is 1. The van der Waals surface area contributed by atoms with Crippen LogP contribution in [0.15, 0.2) is 18.2 Å². The predicted molar refractivity (Wildman–Crippen MR) is 68.1 cm³/mol. The number of rotatable bonds is 2. The number of nitrogens with zero attached hydrogens (tertiary/aromatic N) is 1. The predicted octanol–water partition coefficient (Wildman–Crippen LogP) is 2.66. The molecule has 0 saturated carbocycles. The maximum Gasteiger partial charge on any atom is 0.122 e. The van der Waals surface area contributed by atoms with Crippen LogP contribution < -0.4 is 15.4 Å². The molecule has 1 aliphatic rings. The number of methoxy groups -OCH3 is 1. The molecule has 88 valence electrons. The van der Waals surface area contributed by atoms with Gasteiger partial charge in [0.1, 0.15) is 5.75 Å². The van der Waals surface area contributed by atoms with Crippen LogP contribution in [0.2, 0.25) is 0 Å². The summed E-state index contributed by atoms with van der Waals surface area (Å²) in [6.07, 6.45) is 3.86. The van der Waals surface area contributed by atoms with Crippen molar-refractivity contribution in [2.45, 2.75) is 32.2 Å². The van der Waals surface area contributed by atoms with Crippen LogP contribution in [0.4, 0.5) is 11.4 Å². The van der Waals surface area contributed by atoms with Crippen LogP contribution in [0, 0.1) is 0 Å². The Kier molecular flexibility index (Phi) is 3.22. The summed E-state index contributed by atoms with van der Waals surface area (Å²) >= 11 is 0. The third-order valence-electron chi connectivity index (χ3n) is 3.28. The number of hydrogen-bond donors (Lipinski definition) is 1. The average molecular weight is 220 g/mol. The summed E-state index contributed by atoms with van der Waals surface area (Å²) in [5.74, 6) is 0.841. The Bertz CT molecular complexity index is 365. The molecule has 16 heavy (non-hydrogen) atoms. The largest absolute Gasteiger partial charge is 0.497 e. The molecule has 0 aliphatic carbocycles. The maximum atomic E-state index is 5.88. The molecule has 0 aromatic heterocycles. The first-order valence-electron chi connectivity index (χ1n) is 5.92. The molecule has 1 heterocycles. The lowest BCUT2D eigenvalue weighted by Gasteiger charge is -2.35. The van der Waals surface area contributed by atoms with Crippen LogP contribution in [0.1, 0.15) is 26.2 Å². The zero-order chi connectivity index (χ0) is 11.5. The Balaban J connectivity index is 2.27. The monoisotopic (exact) mass is 220 g/mol. The van der Waals surface area contributed by atoms with Gasteiger partial charge in [0.25, 0.3) is 0 Å². The Hall–Kier alpha value is -1.38. The average Bonchev–Trinajstić information content (AvgIpc) is 2.28. The summed E-state index contributed by atoms with van der Waals surface area (Å²) in [4.78, 5) is 2.42. The second-order valence-corrected chi connectivity index (χ2v) is 4.50. The van der Waals surface area contributed by atoms with E-state index in [2.05, 4.69) is 17.9 Å². The number of benzene rings is 1. The van der Waals surface area contributed by atoms with E-state index in [0.717, 1.165) is 18.0 Å². The van der Waals surface area contributed by atoms with Gasteiger partial charge in [0.05, 0.1) is 7.11 Å². The molecule has 3 heteroatoms. The van der Waals surface area contributed by atoms with Gasteiger partial charge in [0.2, 0.25) is 0 Å². The SMILES string of the molecule is COc1cc(N)cc(N2CCCCC2C)c1. The molecule has 1 unspecified atom stereocenters. The number of hydrogen-bond acceptors (Lipinski definition) is 3. The quantitative estimate of drug-likeness (QED) is 0.779. The summed E-state index contributed by atoms with van der Waals surface area (Å²) in [6, 6.07) is 6.56. The van der Waals surface area contributed by atoms with Crippen molar-refractivity contribution >= 4 is 11.4 Å². The summed E-state index contributed by atoms with van der Waals surface area (Å²) in [7, 11) is 1.68. The van der Waals surface area contributed by atoms with E-state index in [9.17, 15) is 0 Å². The van der Waals surface area contributed by atoms with E-state index in [1.807, 2.05) is 12.1 Å². The molecule has 1 aromatic rings. The van der Waals surface area contributed by atoms with Gasteiger partial charge in [-0.1, -0.05) is 0 Å². The molecule has 1 aromatic carbocycles. The molecule has 0 spiro atoms. The van der Waals surface area contributed by atoms with Crippen molar-refractivity contribution in [2.75, 3.05) is 24.3 Å². The van der Waals surface area contributed by atoms with E-state index in [0.29, 0.717) is 6.04 Å². The molecule has 1 atom stereocenters. The van der Waals surface area contributed by atoms with Crippen molar-refractivity contribution in [1.29, 1.82) is 0 Å². The first kappa shape index (κ1) is 11.1. The van der Waals surface area contributed by atoms with Crippen LogP contribution >= 0.6 is 0 Å².